The van der Waals surface area contributed by atoms with E-state index in [4.69, 9.17) is 5.73 Å². The summed E-state index contributed by atoms with van der Waals surface area (Å²) in [5.41, 5.74) is 5.92. The van der Waals surface area contributed by atoms with Crippen LogP contribution in [-0.4, -0.2) is 30.6 Å². The van der Waals surface area contributed by atoms with Crippen molar-refractivity contribution in [2.45, 2.75) is 77.7 Å². The molecule has 0 amide bonds. The Morgan fingerprint density at radius 3 is 1.82 bits per heavy atom. The fourth-order valence-corrected chi connectivity index (χ4v) is 1.94. The lowest BCUT2D eigenvalue weighted by Crippen LogP contribution is -2.47. The lowest BCUT2D eigenvalue weighted by Gasteiger charge is -2.34. The van der Waals surface area contributed by atoms with Gasteiger partial charge in [0.15, 0.2) is 0 Å². The highest BCUT2D eigenvalue weighted by atomic mass is 15.2. The van der Waals surface area contributed by atoms with Crippen LogP contribution in [0.15, 0.2) is 0 Å². The van der Waals surface area contributed by atoms with Crippen molar-refractivity contribution in [2.75, 3.05) is 20.1 Å². The average Bonchev–Trinajstić information content (AvgIpc) is 2.32. The van der Waals surface area contributed by atoms with E-state index in [0.29, 0.717) is 0 Å². The lowest BCUT2D eigenvalue weighted by atomic mass is 10.0. The summed E-state index contributed by atoms with van der Waals surface area (Å²) in [4.78, 5) is 2.39. The molecular formula is C15H34N2. The van der Waals surface area contributed by atoms with Crippen LogP contribution in [-0.2, 0) is 0 Å². The normalized spacial score (nSPS) is 12.4. The summed E-state index contributed by atoms with van der Waals surface area (Å²) < 4.78 is 0. The molecule has 0 atom stereocenters. The third-order valence-corrected chi connectivity index (χ3v) is 3.88. The number of hydrogen-bond acceptors (Lipinski definition) is 2. The highest BCUT2D eigenvalue weighted by molar-refractivity contribution is 4.79. The van der Waals surface area contributed by atoms with E-state index in [1.165, 1.54) is 57.9 Å². The van der Waals surface area contributed by atoms with Crippen LogP contribution in [0.25, 0.3) is 0 Å². The highest BCUT2D eigenvalue weighted by Crippen LogP contribution is 2.13. The summed E-state index contributed by atoms with van der Waals surface area (Å²) in [6, 6.07) is 0. The summed E-state index contributed by atoms with van der Waals surface area (Å²) in [5.74, 6) is 0. The molecule has 0 rings (SSSR count). The van der Waals surface area contributed by atoms with Crippen LogP contribution in [0.4, 0.5) is 0 Å². The summed E-state index contributed by atoms with van der Waals surface area (Å²) >= 11 is 0. The third-order valence-electron chi connectivity index (χ3n) is 3.88. The molecule has 0 saturated carbocycles. The van der Waals surface area contributed by atoms with Crippen LogP contribution >= 0.6 is 0 Å². The van der Waals surface area contributed by atoms with Crippen LogP contribution in [0.3, 0.4) is 0 Å². The predicted molar refractivity (Wildman–Crippen MR) is 78.4 cm³/mol. The Bertz CT molecular complexity index is 166. The summed E-state index contributed by atoms with van der Waals surface area (Å²) in [6.45, 7) is 8.63. The van der Waals surface area contributed by atoms with Gasteiger partial charge in [-0.05, 0) is 33.9 Å². The van der Waals surface area contributed by atoms with Crippen LogP contribution in [0, 0.1) is 0 Å². The topological polar surface area (TPSA) is 29.3 Å². The molecule has 0 heterocycles. The monoisotopic (exact) mass is 242 g/mol. The van der Waals surface area contributed by atoms with Crippen LogP contribution in [0.1, 0.15) is 72.1 Å². The van der Waals surface area contributed by atoms with Crippen molar-refractivity contribution < 1.29 is 0 Å². The van der Waals surface area contributed by atoms with Crippen LogP contribution in [0.2, 0.25) is 0 Å². The minimum atomic E-state index is 0.154. The Labute approximate surface area is 109 Å². The molecule has 0 aliphatic rings. The molecule has 2 nitrogen and oxygen atoms in total. The van der Waals surface area contributed by atoms with E-state index in [0.717, 1.165) is 6.54 Å². The number of nitrogens with zero attached hydrogens (tertiary/aromatic N) is 1. The molecule has 0 aromatic carbocycles. The first-order valence-electron chi connectivity index (χ1n) is 7.46. The van der Waals surface area contributed by atoms with E-state index in [9.17, 15) is 0 Å². The minimum absolute atomic E-state index is 0.154. The second-order valence-corrected chi connectivity index (χ2v) is 5.91. The van der Waals surface area contributed by atoms with Gasteiger partial charge in [-0.25, -0.2) is 0 Å². The largest absolute Gasteiger partial charge is 0.329 e. The van der Waals surface area contributed by atoms with Crippen molar-refractivity contribution in [2.24, 2.45) is 5.73 Å². The van der Waals surface area contributed by atoms with E-state index in [1.807, 2.05) is 0 Å². The number of nitrogens with two attached hydrogens (primary N) is 1. The van der Waals surface area contributed by atoms with Gasteiger partial charge in [-0.3, -0.25) is 4.90 Å². The first kappa shape index (κ1) is 16.9. The molecule has 0 bridgehead atoms. The zero-order valence-electron chi connectivity index (χ0n) is 12.6. The first-order chi connectivity index (χ1) is 8.04. The van der Waals surface area contributed by atoms with Crippen LogP contribution < -0.4 is 5.73 Å². The van der Waals surface area contributed by atoms with Gasteiger partial charge in [-0.15, -0.1) is 0 Å². The molecule has 2 N–H and O–H groups in total. The molecule has 0 aromatic heterocycles. The predicted octanol–water partition coefficient (Wildman–Crippen LogP) is 3.80. The van der Waals surface area contributed by atoms with Gasteiger partial charge in [0.25, 0.3) is 0 Å². The number of unbranched alkanes of at least 4 members (excludes halogenated alkanes) is 7. The van der Waals surface area contributed by atoms with Gasteiger partial charge >= 0.3 is 0 Å². The number of rotatable bonds is 11. The molecule has 104 valence electrons. The number of likely N-dealkylation sites (N-methyl/N-ethyl adjacent to an activating group) is 1. The quantitative estimate of drug-likeness (QED) is 0.558. The molecule has 0 aromatic rings. The molecule has 0 aliphatic carbocycles. The van der Waals surface area contributed by atoms with E-state index >= 15 is 0 Å². The van der Waals surface area contributed by atoms with Crippen LogP contribution in [0.5, 0.6) is 0 Å². The SMILES string of the molecule is CCCCCCCCCCN(C)C(C)(C)CN. The summed E-state index contributed by atoms with van der Waals surface area (Å²) in [6.07, 6.45) is 11.1. The van der Waals surface area contributed by atoms with Crippen molar-refractivity contribution in [1.29, 1.82) is 0 Å². The fourth-order valence-electron chi connectivity index (χ4n) is 1.94. The Balaban J connectivity index is 3.34. The van der Waals surface area contributed by atoms with Crippen molar-refractivity contribution in [1.82, 2.24) is 4.90 Å². The molecule has 0 saturated heterocycles. The Morgan fingerprint density at radius 2 is 1.35 bits per heavy atom. The van der Waals surface area contributed by atoms with E-state index in [1.54, 1.807) is 0 Å². The maximum atomic E-state index is 5.76. The molecule has 0 unspecified atom stereocenters. The van der Waals surface area contributed by atoms with Gasteiger partial charge < -0.3 is 5.73 Å². The zero-order valence-corrected chi connectivity index (χ0v) is 12.6. The smallest absolute Gasteiger partial charge is 0.0272 e. The van der Waals surface area contributed by atoms with Crippen molar-refractivity contribution >= 4 is 0 Å². The maximum absolute atomic E-state index is 5.76. The third kappa shape index (κ3) is 8.62. The van der Waals surface area contributed by atoms with Crippen molar-refractivity contribution in [3.05, 3.63) is 0 Å². The molecule has 2 heteroatoms. The first-order valence-corrected chi connectivity index (χ1v) is 7.46. The van der Waals surface area contributed by atoms with Crippen molar-refractivity contribution in [3.63, 3.8) is 0 Å². The van der Waals surface area contributed by atoms with Gasteiger partial charge in [-0.2, -0.15) is 0 Å². The van der Waals surface area contributed by atoms with Gasteiger partial charge in [0.05, 0.1) is 0 Å². The Morgan fingerprint density at radius 1 is 0.882 bits per heavy atom. The minimum Gasteiger partial charge on any atom is -0.329 e. The Hall–Kier alpha value is -0.0800. The van der Waals surface area contributed by atoms with Gasteiger partial charge in [0.2, 0.25) is 0 Å². The number of hydrogen-bond donors (Lipinski definition) is 1. The Kier molecular flexibility index (Phi) is 9.85. The molecule has 0 spiro atoms. The molecular weight excluding hydrogens is 208 g/mol. The summed E-state index contributed by atoms with van der Waals surface area (Å²) in [5, 5.41) is 0. The standard InChI is InChI=1S/C15H34N2/c1-5-6-7-8-9-10-11-12-13-17(4)15(2,3)14-16/h5-14,16H2,1-4H3. The van der Waals surface area contributed by atoms with Gasteiger partial charge in [-0.1, -0.05) is 51.9 Å². The second kappa shape index (κ2) is 9.90. The molecule has 0 fully saturated rings. The highest BCUT2D eigenvalue weighted by Gasteiger charge is 2.20. The van der Waals surface area contributed by atoms with E-state index in [2.05, 4.69) is 32.7 Å². The fraction of sp³-hybridized carbons (Fsp3) is 1.00. The summed E-state index contributed by atoms with van der Waals surface area (Å²) in [7, 11) is 2.19. The van der Waals surface area contributed by atoms with Gasteiger partial charge in [0, 0.05) is 12.1 Å². The van der Waals surface area contributed by atoms with Crippen molar-refractivity contribution in [3.8, 4) is 0 Å². The zero-order chi connectivity index (χ0) is 13.1. The van der Waals surface area contributed by atoms with Gasteiger partial charge in [0.1, 0.15) is 0 Å². The molecule has 17 heavy (non-hydrogen) atoms. The molecule has 0 aliphatic heterocycles. The average molecular weight is 242 g/mol. The van der Waals surface area contributed by atoms with E-state index in [-0.39, 0.29) is 5.54 Å². The second-order valence-electron chi connectivity index (χ2n) is 5.91. The lowest BCUT2D eigenvalue weighted by molar-refractivity contribution is 0.160. The maximum Gasteiger partial charge on any atom is 0.0272 e. The molecule has 0 radical (unpaired) electrons. The van der Waals surface area contributed by atoms with E-state index < -0.39 is 0 Å².